The minimum Gasteiger partial charge on any atom is -0.353 e. The summed E-state index contributed by atoms with van der Waals surface area (Å²) < 4.78 is 1.62. The molecule has 0 unspecified atom stereocenters. The molecule has 1 fully saturated rings. The van der Waals surface area contributed by atoms with E-state index in [0.29, 0.717) is 5.65 Å². The lowest BCUT2D eigenvalue weighted by atomic mass is 10.2. The van der Waals surface area contributed by atoms with E-state index in [0.717, 1.165) is 54.5 Å². The Balaban J connectivity index is 1.29. The number of aryl methyl sites for hydroxylation is 1. The fraction of sp³-hybridized carbons (Fsp3) is 0.261. The maximum atomic E-state index is 12.5. The minimum absolute atomic E-state index is 0.0846. The normalized spacial score (nSPS) is 14.0. The van der Waals surface area contributed by atoms with Crippen molar-refractivity contribution in [1.29, 1.82) is 0 Å². The maximum absolute atomic E-state index is 12.5. The first-order valence-electron chi connectivity index (χ1n) is 10.6. The summed E-state index contributed by atoms with van der Waals surface area (Å²) in [6.45, 7) is 5.45. The summed E-state index contributed by atoms with van der Waals surface area (Å²) in [6.07, 6.45) is 5.10. The van der Waals surface area contributed by atoms with Gasteiger partial charge in [-0.05, 0) is 31.2 Å². The van der Waals surface area contributed by atoms with E-state index in [-0.39, 0.29) is 12.5 Å². The van der Waals surface area contributed by atoms with Crippen molar-refractivity contribution >= 4 is 34.3 Å². The summed E-state index contributed by atoms with van der Waals surface area (Å²) >= 11 is 0. The number of pyridine rings is 1. The number of hydrogen-bond donors (Lipinski definition) is 1. The number of piperazine rings is 1. The van der Waals surface area contributed by atoms with Gasteiger partial charge in [0.15, 0.2) is 5.65 Å². The lowest BCUT2D eigenvalue weighted by molar-refractivity contribution is -0.116. The highest BCUT2D eigenvalue weighted by Crippen LogP contribution is 2.24. The topological polar surface area (TPSA) is 92.1 Å². The smallest absolute Gasteiger partial charge is 0.246 e. The van der Waals surface area contributed by atoms with Crippen LogP contribution >= 0.6 is 0 Å². The van der Waals surface area contributed by atoms with E-state index in [1.807, 2.05) is 55.6 Å². The largest absolute Gasteiger partial charge is 0.353 e. The van der Waals surface area contributed by atoms with Gasteiger partial charge in [0.05, 0.1) is 11.6 Å². The average Bonchev–Trinajstić information content (AvgIpc) is 3.24. The van der Waals surface area contributed by atoms with Crippen LogP contribution in [0.5, 0.6) is 0 Å². The van der Waals surface area contributed by atoms with Gasteiger partial charge in [-0.1, -0.05) is 23.8 Å². The number of aromatic nitrogens is 5. The second-order valence-electron chi connectivity index (χ2n) is 7.81. The molecular formula is C23H24N8O. The Morgan fingerprint density at radius 1 is 0.969 bits per heavy atom. The molecule has 0 atom stereocenters. The predicted molar refractivity (Wildman–Crippen MR) is 124 cm³/mol. The summed E-state index contributed by atoms with van der Waals surface area (Å²) in [5.41, 5.74) is 2.56. The zero-order chi connectivity index (χ0) is 21.9. The van der Waals surface area contributed by atoms with Crippen LogP contribution in [0.3, 0.4) is 0 Å². The quantitative estimate of drug-likeness (QED) is 0.522. The van der Waals surface area contributed by atoms with Gasteiger partial charge >= 0.3 is 0 Å². The first kappa shape index (κ1) is 19.9. The molecule has 0 saturated carbocycles. The predicted octanol–water partition coefficient (Wildman–Crippen LogP) is 2.50. The third kappa shape index (κ3) is 4.09. The first-order valence-corrected chi connectivity index (χ1v) is 10.6. The number of carbonyl (C=O) groups excluding carboxylic acids is 1. The SMILES string of the molecule is Cc1ccc(NC(=O)Cn2ncc3c(N4CCN(c5ccccn5)CC4)ncnc32)cc1. The van der Waals surface area contributed by atoms with Crippen LogP contribution in [0.4, 0.5) is 17.3 Å². The number of anilines is 3. The molecule has 4 heterocycles. The molecule has 4 aromatic rings. The Labute approximate surface area is 185 Å². The highest BCUT2D eigenvalue weighted by Gasteiger charge is 2.22. The van der Waals surface area contributed by atoms with Crippen molar-refractivity contribution < 1.29 is 4.79 Å². The van der Waals surface area contributed by atoms with Crippen LogP contribution in [-0.4, -0.2) is 56.8 Å². The molecule has 32 heavy (non-hydrogen) atoms. The van der Waals surface area contributed by atoms with Crippen LogP contribution in [0.2, 0.25) is 0 Å². The summed E-state index contributed by atoms with van der Waals surface area (Å²) in [5, 5.41) is 8.17. The second-order valence-corrected chi connectivity index (χ2v) is 7.81. The van der Waals surface area contributed by atoms with E-state index < -0.39 is 0 Å². The molecule has 1 saturated heterocycles. The lowest BCUT2D eigenvalue weighted by Crippen LogP contribution is -2.47. The Hall–Kier alpha value is -4.01. The Bertz CT molecular complexity index is 1210. The van der Waals surface area contributed by atoms with Crippen LogP contribution in [0.15, 0.2) is 61.2 Å². The Kier molecular flexibility index (Phi) is 5.37. The molecule has 9 heteroatoms. The molecule has 1 amide bonds. The van der Waals surface area contributed by atoms with Gasteiger partial charge in [-0.15, -0.1) is 0 Å². The minimum atomic E-state index is -0.150. The molecule has 3 aromatic heterocycles. The third-order valence-corrected chi connectivity index (χ3v) is 5.59. The molecule has 1 aliphatic rings. The van der Waals surface area contributed by atoms with Crippen LogP contribution in [0, 0.1) is 6.92 Å². The molecule has 1 aliphatic heterocycles. The number of nitrogens with zero attached hydrogens (tertiary/aromatic N) is 7. The molecule has 0 radical (unpaired) electrons. The number of amides is 1. The monoisotopic (exact) mass is 428 g/mol. The van der Waals surface area contributed by atoms with E-state index >= 15 is 0 Å². The van der Waals surface area contributed by atoms with Gasteiger partial charge in [-0.3, -0.25) is 4.79 Å². The molecule has 0 spiro atoms. The number of fused-ring (bicyclic) bond motifs is 1. The average molecular weight is 429 g/mol. The van der Waals surface area contributed by atoms with Crippen LogP contribution < -0.4 is 15.1 Å². The molecule has 162 valence electrons. The van der Waals surface area contributed by atoms with Gasteiger partial charge in [0.1, 0.15) is 24.5 Å². The van der Waals surface area contributed by atoms with Crippen LogP contribution in [-0.2, 0) is 11.3 Å². The lowest BCUT2D eigenvalue weighted by Gasteiger charge is -2.36. The van der Waals surface area contributed by atoms with Crippen molar-refractivity contribution in [1.82, 2.24) is 24.7 Å². The van der Waals surface area contributed by atoms with Gasteiger partial charge in [0.2, 0.25) is 5.91 Å². The van der Waals surface area contributed by atoms with Crippen molar-refractivity contribution in [3.05, 3.63) is 66.7 Å². The second kappa shape index (κ2) is 8.62. The van der Waals surface area contributed by atoms with Crippen molar-refractivity contribution in [3.63, 3.8) is 0 Å². The van der Waals surface area contributed by atoms with Gasteiger partial charge in [-0.2, -0.15) is 5.10 Å². The maximum Gasteiger partial charge on any atom is 0.246 e. The van der Waals surface area contributed by atoms with E-state index in [4.69, 9.17) is 0 Å². The fourth-order valence-electron chi connectivity index (χ4n) is 3.91. The summed E-state index contributed by atoms with van der Waals surface area (Å²) in [5.74, 6) is 1.69. The summed E-state index contributed by atoms with van der Waals surface area (Å²) in [4.78, 5) is 30.4. The van der Waals surface area contributed by atoms with Gasteiger partial charge in [-0.25, -0.2) is 19.6 Å². The van der Waals surface area contributed by atoms with Crippen molar-refractivity contribution in [3.8, 4) is 0 Å². The Morgan fingerprint density at radius 3 is 2.50 bits per heavy atom. The molecule has 0 aliphatic carbocycles. The molecule has 0 bridgehead atoms. The van der Waals surface area contributed by atoms with Gasteiger partial charge < -0.3 is 15.1 Å². The molecule has 5 rings (SSSR count). The highest BCUT2D eigenvalue weighted by atomic mass is 16.2. The van der Waals surface area contributed by atoms with Crippen molar-refractivity contribution in [2.45, 2.75) is 13.5 Å². The highest BCUT2D eigenvalue weighted by molar-refractivity contribution is 5.92. The Morgan fingerprint density at radius 2 is 1.75 bits per heavy atom. The molecular weight excluding hydrogens is 404 g/mol. The third-order valence-electron chi connectivity index (χ3n) is 5.59. The summed E-state index contributed by atoms with van der Waals surface area (Å²) in [7, 11) is 0. The molecule has 1 aromatic carbocycles. The zero-order valence-corrected chi connectivity index (χ0v) is 17.8. The standard InChI is InChI=1S/C23H24N8O/c1-17-5-7-18(8-6-17)28-21(32)15-31-23-19(14-27-31)22(25-16-26-23)30-12-10-29(11-13-30)20-4-2-3-9-24-20/h2-9,14,16H,10-13,15H2,1H3,(H,28,32). The van der Waals surface area contributed by atoms with Crippen LogP contribution in [0.25, 0.3) is 11.0 Å². The zero-order valence-electron chi connectivity index (χ0n) is 17.8. The number of carbonyl (C=O) groups is 1. The molecule has 9 nitrogen and oxygen atoms in total. The number of rotatable bonds is 5. The van der Waals surface area contributed by atoms with Gasteiger partial charge in [0, 0.05) is 38.1 Å². The number of benzene rings is 1. The fourth-order valence-corrected chi connectivity index (χ4v) is 3.91. The summed E-state index contributed by atoms with van der Waals surface area (Å²) in [6, 6.07) is 13.7. The van der Waals surface area contributed by atoms with E-state index in [2.05, 4.69) is 35.2 Å². The number of hydrogen-bond acceptors (Lipinski definition) is 7. The van der Waals surface area contributed by atoms with E-state index in [1.165, 1.54) is 0 Å². The van der Waals surface area contributed by atoms with E-state index in [1.54, 1.807) is 17.2 Å². The van der Waals surface area contributed by atoms with E-state index in [9.17, 15) is 4.79 Å². The van der Waals surface area contributed by atoms with Crippen molar-refractivity contribution in [2.24, 2.45) is 0 Å². The van der Waals surface area contributed by atoms with Gasteiger partial charge in [0.25, 0.3) is 0 Å². The van der Waals surface area contributed by atoms with Crippen LogP contribution in [0.1, 0.15) is 5.56 Å². The number of nitrogens with one attached hydrogen (secondary N) is 1. The molecule has 1 N–H and O–H groups in total. The van der Waals surface area contributed by atoms with Crippen molar-refractivity contribution in [2.75, 3.05) is 41.3 Å². The first-order chi connectivity index (χ1) is 15.7.